The minimum atomic E-state index is 0.0675. The molecule has 2 aliphatic heterocycles. The van der Waals surface area contributed by atoms with E-state index in [1.807, 2.05) is 14.2 Å². The highest BCUT2D eigenvalue weighted by Gasteiger charge is 2.52. The van der Waals surface area contributed by atoms with Crippen molar-refractivity contribution in [1.29, 1.82) is 0 Å². The maximum Gasteiger partial charge on any atom is 0.0809 e. The van der Waals surface area contributed by atoms with E-state index >= 15 is 0 Å². The van der Waals surface area contributed by atoms with Gasteiger partial charge in [-0.1, -0.05) is 38.5 Å². The van der Waals surface area contributed by atoms with Crippen LogP contribution in [0.3, 0.4) is 0 Å². The van der Waals surface area contributed by atoms with Crippen molar-refractivity contribution in [3.63, 3.8) is 0 Å². The van der Waals surface area contributed by atoms with Gasteiger partial charge in [-0.05, 0) is 62.9 Å². The summed E-state index contributed by atoms with van der Waals surface area (Å²) in [7, 11) is 3.80. The van der Waals surface area contributed by atoms with Crippen molar-refractivity contribution in [2.24, 2.45) is 0 Å². The summed E-state index contributed by atoms with van der Waals surface area (Å²) in [6.45, 7) is 0. The van der Waals surface area contributed by atoms with Crippen LogP contribution in [0.25, 0.3) is 0 Å². The van der Waals surface area contributed by atoms with Crippen LogP contribution in [0, 0.1) is 0 Å². The third-order valence-corrected chi connectivity index (χ3v) is 11.1. The van der Waals surface area contributed by atoms with E-state index in [9.17, 15) is 0 Å². The van der Waals surface area contributed by atoms with Crippen LogP contribution in [0.4, 0.5) is 0 Å². The Hall–Kier alpha value is 0.580. The quantitative estimate of drug-likeness (QED) is 0.486. The first kappa shape index (κ1) is 22.8. The zero-order valence-electron chi connectivity index (χ0n) is 18.7. The fraction of sp³-hybridized carbons (Fsp3) is 1.00. The number of hydrogen-bond acceptors (Lipinski definition) is 5. The van der Waals surface area contributed by atoms with Crippen molar-refractivity contribution >= 4 is 23.5 Å². The van der Waals surface area contributed by atoms with Gasteiger partial charge in [0.1, 0.15) is 0 Å². The van der Waals surface area contributed by atoms with Crippen LogP contribution in [0.15, 0.2) is 0 Å². The molecule has 168 valence electrons. The molecule has 0 N–H and O–H groups in total. The predicted molar refractivity (Wildman–Crippen MR) is 125 cm³/mol. The molecule has 0 aromatic carbocycles. The van der Waals surface area contributed by atoms with Crippen LogP contribution in [0.5, 0.6) is 0 Å². The molecule has 4 unspecified atom stereocenters. The van der Waals surface area contributed by atoms with Crippen LogP contribution in [-0.2, 0) is 14.2 Å². The summed E-state index contributed by atoms with van der Waals surface area (Å²) in [6.07, 6.45) is 18.7. The summed E-state index contributed by atoms with van der Waals surface area (Å²) in [6, 6.07) is 0. The predicted octanol–water partition coefficient (Wildman–Crippen LogP) is 6.23. The Balaban J connectivity index is 1.59. The van der Waals surface area contributed by atoms with Gasteiger partial charge in [-0.25, -0.2) is 0 Å². The molecule has 0 aromatic rings. The van der Waals surface area contributed by atoms with Crippen LogP contribution < -0.4 is 0 Å². The summed E-state index contributed by atoms with van der Waals surface area (Å²) in [4.78, 5) is 0. The second kappa shape index (κ2) is 10.5. The van der Waals surface area contributed by atoms with Gasteiger partial charge in [0, 0.05) is 24.7 Å². The summed E-state index contributed by atoms with van der Waals surface area (Å²) in [5.74, 6) is 2.45. The molecule has 0 bridgehead atoms. The Morgan fingerprint density at radius 3 is 1.41 bits per heavy atom. The molecule has 4 aliphatic rings. The number of ether oxygens (including phenoxy) is 3. The number of rotatable bonds is 6. The molecule has 2 aliphatic carbocycles. The Kier molecular flexibility index (Phi) is 8.21. The molecule has 2 saturated heterocycles. The molecule has 5 heteroatoms. The molecular formula is C24H42O3S2. The lowest BCUT2D eigenvalue weighted by Crippen LogP contribution is -2.58. The zero-order chi connectivity index (χ0) is 20.2. The van der Waals surface area contributed by atoms with Crippen LogP contribution in [0.2, 0.25) is 0 Å². The standard InChI is InChI=1S/C24H42O3S2/c1-25-19-9-15-28-21(17-19)23(11-5-3-6-12-23)27-24(13-7-4-8-14-24)22-18-20(26-2)10-16-29-22/h19-22H,3-18H2,1-2H3. The molecular weight excluding hydrogens is 400 g/mol. The molecule has 4 atom stereocenters. The topological polar surface area (TPSA) is 27.7 Å². The van der Waals surface area contributed by atoms with Crippen molar-refractivity contribution < 1.29 is 14.2 Å². The number of thioether (sulfide) groups is 2. The summed E-state index contributed by atoms with van der Waals surface area (Å²) < 4.78 is 19.3. The van der Waals surface area contributed by atoms with Crippen LogP contribution >= 0.6 is 23.5 Å². The fourth-order valence-electron chi connectivity index (χ4n) is 6.38. The molecule has 4 fully saturated rings. The Morgan fingerprint density at radius 2 is 1.03 bits per heavy atom. The van der Waals surface area contributed by atoms with Gasteiger partial charge >= 0.3 is 0 Å². The first-order valence-corrected chi connectivity index (χ1v) is 14.3. The van der Waals surface area contributed by atoms with Gasteiger partial charge in [0.05, 0.1) is 23.4 Å². The van der Waals surface area contributed by atoms with Gasteiger partial charge in [0.2, 0.25) is 0 Å². The van der Waals surface area contributed by atoms with E-state index in [2.05, 4.69) is 23.5 Å². The zero-order valence-corrected chi connectivity index (χ0v) is 20.3. The highest BCUT2D eigenvalue weighted by Crippen LogP contribution is 2.52. The molecule has 2 heterocycles. The van der Waals surface area contributed by atoms with E-state index in [1.165, 1.54) is 101 Å². The number of methoxy groups -OCH3 is 2. The fourth-order valence-corrected chi connectivity index (χ4v) is 9.62. The molecule has 29 heavy (non-hydrogen) atoms. The first-order chi connectivity index (χ1) is 14.2. The first-order valence-electron chi connectivity index (χ1n) is 12.2. The smallest absolute Gasteiger partial charge is 0.0809 e. The molecule has 2 saturated carbocycles. The highest BCUT2D eigenvalue weighted by molar-refractivity contribution is 8.00. The largest absolute Gasteiger partial charge is 0.381 e. The van der Waals surface area contributed by atoms with Crippen molar-refractivity contribution in [2.75, 3.05) is 25.7 Å². The van der Waals surface area contributed by atoms with E-state index in [0.717, 1.165) is 0 Å². The van der Waals surface area contributed by atoms with Gasteiger partial charge in [0.25, 0.3) is 0 Å². The lowest BCUT2D eigenvalue weighted by Gasteiger charge is -2.55. The maximum atomic E-state index is 7.62. The van der Waals surface area contributed by atoms with Crippen LogP contribution in [0.1, 0.15) is 89.9 Å². The van der Waals surface area contributed by atoms with Crippen molar-refractivity contribution in [2.45, 2.75) is 124 Å². The second-order valence-corrected chi connectivity index (χ2v) is 12.5. The minimum absolute atomic E-state index is 0.0675. The van der Waals surface area contributed by atoms with Gasteiger partial charge in [-0.15, -0.1) is 0 Å². The lowest BCUT2D eigenvalue weighted by atomic mass is 9.75. The van der Waals surface area contributed by atoms with E-state index in [-0.39, 0.29) is 11.2 Å². The Labute approximate surface area is 187 Å². The summed E-state index contributed by atoms with van der Waals surface area (Å²) in [5, 5.41) is 1.21. The van der Waals surface area contributed by atoms with Crippen LogP contribution in [-0.4, -0.2) is 59.6 Å². The van der Waals surface area contributed by atoms with Crippen molar-refractivity contribution in [1.82, 2.24) is 0 Å². The Bertz CT molecular complexity index is 458. The lowest BCUT2D eigenvalue weighted by molar-refractivity contribution is -0.190. The van der Waals surface area contributed by atoms with E-state index in [0.29, 0.717) is 22.7 Å². The van der Waals surface area contributed by atoms with E-state index in [4.69, 9.17) is 14.2 Å². The molecule has 0 aromatic heterocycles. The second-order valence-electron chi connectivity index (χ2n) is 9.84. The third kappa shape index (κ3) is 5.16. The third-order valence-electron chi connectivity index (χ3n) is 8.12. The van der Waals surface area contributed by atoms with E-state index in [1.54, 1.807) is 0 Å². The van der Waals surface area contributed by atoms with Crippen molar-refractivity contribution in [3.05, 3.63) is 0 Å². The average molecular weight is 443 g/mol. The molecule has 0 spiro atoms. The van der Waals surface area contributed by atoms with Gasteiger partial charge in [-0.2, -0.15) is 23.5 Å². The highest BCUT2D eigenvalue weighted by atomic mass is 32.2. The minimum Gasteiger partial charge on any atom is -0.381 e. The van der Waals surface area contributed by atoms with E-state index < -0.39 is 0 Å². The molecule has 0 amide bonds. The van der Waals surface area contributed by atoms with Gasteiger partial charge < -0.3 is 14.2 Å². The normalized spacial score (nSPS) is 37.9. The SMILES string of the molecule is COC1CCSC(C2(OC3(C4CC(OC)CCS4)CCCCC3)CCCCC2)C1. The molecule has 4 rings (SSSR count). The Morgan fingerprint density at radius 1 is 0.621 bits per heavy atom. The average Bonchev–Trinajstić information content (AvgIpc) is 2.80. The van der Waals surface area contributed by atoms with Crippen molar-refractivity contribution in [3.8, 4) is 0 Å². The maximum absolute atomic E-state index is 7.62. The van der Waals surface area contributed by atoms with Gasteiger partial charge in [0.15, 0.2) is 0 Å². The molecule has 3 nitrogen and oxygen atoms in total. The monoisotopic (exact) mass is 442 g/mol. The molecule has 0 radical (unpaired) electrons. The summed E-state index contributed by atoms with van der Waals surface area (Å²) in [5.41, 5.74) is 0.135. The summed E-state index contributed by atoms with van der Waals surface area (Å²) >= 11 is 4.38. The van der Waals surface area contributed by atoms with Gasteiger partial charge in [-0.3, -0.25) is 0 Å². The number of hydrogen-bond donors (Lipinski definition) is 0.